The van der Waals surface area contributed by atoms with E-state index in [1.54, 1.807) is 0 Å². The predicted molar refractivity (Wildman–Crippen MR) is 93.1 cm³/mol. The first-order valence-electron chi connectivity index (χ1n) is 9.28. The Morgan fingerprint density at radius 1 is 1.42 bits per heavy atom. The molecule has 0 bridgehead atoms. The second-order valence-corrected chi connectivity index (χ2v) is 8.00. The summed E-state index contributed by atoms with van der Waals surface area (Å²) < 4.78 is 11.8. The molecule has 0 radical (unpaired) electrons. The molecule has 1 fully saturated rings. The number of amides is 1. The molecule has 5 heteroatoms. The van der Waals surface area contributed by atoms with Gasteiger partial charge in [-0.15, -0.1) is 0 Å². The van der Waals surface area contributed by atoms with E-state index < -0.39 is 6.29 Å². The van der Waals surface area contributed by atoms with Crippen LogP contribution in [-0.2, 0) is 14.3 Å². The minimum Gasteiger partial charge on any atom is -0.459 e. The lowest BCUT2D eigenvalue weighted by atomic mass is 9.70. The highest BCUT2D eigenvalue weighted by atomic mass is 16.7. The summed E-state index contributed by atoms with van der Waals surface area (Å²) in [6, 6.07) is 0.285. The Bertz CT molecular complexity index is 451. The Balaban J connectivity index is 2.20. The van der Waals surface area contributed by atoms with Crippen LogP contribution < -0.4 is 5.32 Å². The number of carbonyl (C=O) groups excluding carboxylic acids is 1. The van der Waals surface area contributed by atoms with Gasteiger partial charge in [-0.3, -0.25) is 4.79 Å². The van der Waals surface area contributed by atoms with E-state index in [-0.39, 0.29) is 35.8 Å². The molecule has 0 saturated heterocycles. The van der Waals surface area contributed by atoms with Crippen LogP contribution in [0.5, 0.6) is 0 Å². The third kappa shape index (κ3) is 4.73. The van der Waals surface area contributed by atoms with Crippen LogP contribution in [0.4, 0.5) is 0 Å². The van der Waals surface area contributed by atoms with Gasteiger partial charge in [0.1, 0.15) is 0 Å². The lowest BCUT2D eigenvalue weighted by molar-refractivity contribution is -0.179. The van der Waals surface area contributed by atoms with Gasteiger partial charge in [-0.1, -0.05) is 20.8 Å². The van der Waals surface area contributed by atoms with Gasteiger partial charge in [0.25, 0.3) is 5.91 Å². The number of hydrogen-bond acceptors (Lipinski definition) is 4. The van der Waals surface area contributed by atoms with Crippen LogP contribution in [0.1, 0.15) is 59.8 Å². The first-order valence-corrected chi connectivity index (χ1v) is 9.28. The molecule has 0 spiro atoms. The number of ether oxygens (including phenoxy) is 2. The smallest absolute Gasteiger partial charge is 0.286 e. The van der Waals surface area contributed by atoms with Crippen molar-refractivity contribution >= 4 is 5.91 Å². The van der Waals surface area contributed by atoms with Crippen molar-refractivity contribution in [3.05, 3.63) is 11.8 Å². The molecule has 0 aromatic heterocycles. The van der Waals surface area contributed by atoms with E-state index in [0.29, 0.717) is 18.8 Å². The molecule has 138 valence electrons. The van der Waals surface area contributed by atoms with Crippen molar-refractivity contribution < 1.29 is 19.4 Å². The summed E-state index contributed by atoms with van der Waals surface area (Å²) in [5.74, 6) is 0.564. The molecule has 0 aromatic rings. The van der Waals surface area contributed by atoms with E-state index in [0.717, 1.165) is 19.3 Å². The molecule has 2 rings (SSSR count). The van der Waals surface area contributed by atoms with E-state index in [4.69, 9.17) is 9.47 Å². The van der Waals surface area contributed by atoms with Gasteiger partial charge in [-0.05, 0) is 56.4 Å². The molecule has 1 amide bonds. The molecular formula is C19H33NO4. The van der Waals surface area contributed by atoms with Gasteiger partial charge in [0, 0.05) is 25.2 Å². The molecule has 3 atom stereocenters. The third-order valence-corrected chi connectivity index (χ3v) is 5.08. The van der Waals surface area contributed by atoms with Crippen LogP contribution >= 0.6 is 0 Å². The van der Waals surface area contributed by atoms with Gasteiger partial charge in [0.05, 0.1) is 0 Å². The number of aliphatic hydroxyl groups is 1. The van der Waals surface area contributed by atoms with E-state index in [1.807, 2.05) is 13.0 Å². The quantitative estimate of drug-likeness (QED) is 0.748. The zero-order chi connectivity index (χ0) is 17.7. The van der Waals surface area contributed by atoms with Crippen molar-refractivity contribution in [3.63, 3.8) is 0 Å². The number of carbonyl (C=O) groups is 1. The highest BCUT2D eigenvalue weighted by Gasteiger charge is 2.42. The standard InChI is InChI=1S/C19H33NO4/c1-5-23-18-14(10-7-11-21)15(19(2,3)4)12-16(24-18)17(22)20-13-8-6-9-13/h12-15,18,21H,5-11H2,1-4H3,(H,20,22)/t14-,15+,18-/m1/s1. The summed E-state index contributed by atoms with van der Waals surface area (Å²) in [7, 11) is 0. The molecule has 1 aliphatic heterocycles. The van der Waals surface area contributed by atoms with Crippen LogP contribution in [0.15, 0.2) is 11.8 Å². The van der Waals surface area contributed by atoms with Crippen molar-refractivity contribution in [1.29, 1.82) is 0 Å². The monoisotopic (exact) mass is 339 g/mol. The normalized spacial score (nSPS) is 27.9. The van der Waals surface area contributed by atoms with Crippen molar-refractivity contribution in [1.82, 2.24) is 5.32 Å². The predicted octanol–water partition coefficient (Wildman–Crippen LogP) is 2.98. The Labute approximate surface area is 145 Å². The minimum absolute atomic E-state index is 0.0126. The summed E-state index contributed by atoms with van der Waals surface area (Å²) in [4.78, 5) is 12.5. The summed E-state index contributed by atoms with van der Waals surface area (Å²) in [6.07, 6.45) is 6.36. The number of rotatable bonds is 7. The summed E-state index contributed by atoms with van der Waals surface area (Å²) in [5.41, 5.74) is -0.0126. The summed E-state index contributed by atoms with van der Waals surface area (Å²) in [5, 5.41) is 12.3. The van der Waals surface area contributed by atoms with Crippen LogP contribution in [0.2, 0.25) is 0 Å². The second-order valence-electron chi connectivity index (χ2n) is 8.00. The van der Waals surface area contributed by atoms with Crippen molar-refractivity contribution in [2.24, 2.45) is 17.3 Å². The van der Waals surface area contributed by atoms with Crippen molar-refractivity contribution in [2.45, 2.75) is 72.1 Å². The largest absolute Gasteiger partial charge is 0.459 e. The highest BCUT2D eigenvalue weighted by Crippen LogP contribution is 2.42. The molecule has 1 aliphatic carbocycles. The van der Waals surface area contributed by atoms with E-state index in [9.17, 15) is 9.90 Å². The fourth-order valence-electron chi connectivity index (χ4n) is 3.50. The molecule has 1 heterocycles. The summed E-state index contributed by atoms with van der Waals surface area (Å²) in [6.45, 7) is 9.16. The number of hydrogen-bond donors (Lipinski definition) is 2. The van der Waals surface area contributed by atoms with Crippen LogP contribution in [0, 0.1) is 17.3 Å². The van der Waals surface area contributed by atoms with E-state index >= 15 is 0 Å². The average molecular weight is 339 g/mol. The van der Waals surface area contributed by atoms with Crippen LogP contribution in [-0.4, -0.2) is 36.6 Å². The van der Waals surface area contributed by atoms with Gasteiger partial charge in [0.2, 0.25) is 6.29 Å². The molecule has 0 aromatic carbocycles. The van der Waals surface area contributed by atoms with Gasteiger partial charge in [-0.2, -0.15) is 0 Å². The van der Waals surface area contributed by atoms with Crippen molar-refractivity contribution in [2.75, 3.05) is 13.2 Å². The van der Waals surface area contributed by atoms with Gasteiger partial charge in [-0.25, -0.2) is 0 Å². The molecular weight excluding hydrogens is 306 g/mol. The van der Waals surface area contributed by atoms with E-state index in [2.05, 4.69) is 26.1 Å². The number of allylic oxidation sites excluding steroid dienone is 1. The minimum atomic E-state index is -0.432. The topological polar surface area (TPSA) is 67.8 Å². The third-order valence-electron chi connectivity index (χ3n) is 5.08. The fraction of sp³-hybridized carbons (Fsp3) is 0.842. The second kappa shape index (κ2) is 8.34. The maximum absolute atomic E-state index is 12.5. The Morgan fingerprint density at radius 3 is 2.62 bits per heavy atom. The SMILES string of the molecule is CCO[C@@H]1OC(C(=O)NC2CCC2)=C[C@H](C(C)(C)C)[C@H]1CCCO. The molecule has 2 aliphatic rings. The number of nitrogens with one attached hydrogen (secondary N) is 1. The lowest BCUT2D eigenvalue weighted by Crippen LogP contribution is -2.46. The van der Waals surface area contributed by atoms with E-state index in [1.165, 1.54) is 6.42 Å². The van der Waals surface area contributed by atoms with Gasteiger partial charge < -0.3 is 19.9 Å². The van der Waals surface area contributed by atoms with Gasteiger partial charge >= 0.3 is 0 Å². The molecule has 24 heavy (non-hydrogen) atoms. The first kappa shape index (κ1) is 19.3. The van der Waals surface area contributed by atoms with Crippen LogP contribution in [0.3, 0.4) is 0 Å². The Kier molecular flexibility index (Phi) is 6.70. The zero-order valence-corrected chi connectivity index (χ0v) is 15.5. The molecule has 2 N–H and O–H groups in total. The molecule has 0 unspecified atom stereocenters. The fourth-order valence-corrected chi connectivity index (χ4v) is 3.50. The Hall–Kier alpha value is -1.07. The van der Waals surface area contributed by atoms with Crippen molar-refractivity contribution in [3.8, 4) is 0 Å². The number of aliphatic hydroxyl groups excluding tert-OH is 1. The highest BCUT2D eigenvalue weighted by molar-refractivity contribution is 5.91. The van der Waals surface area contributed by atoms with Gasteiger partial charge in [0.15, 0.2) is 5.76 Å². The lowest BCUT2D eigenvalue weighted by Gasteiger charge is -2.42. The average Bonchev–Trinajstić information content (AvgIpc) is 2.48. The maximum Gasteiger partial charge on any atom is 0.286 e. The molecule has 1 saturated carbocycles. The molecule has 5 nitrogen and oxygen atoms in total. The Morgan fingerprint density at radius 2 is 2.12 bits per heavy atom. The van der Waals surface area contributed by atoms with Crippen LogP contribution in [0.25, 0.3) is 0 Å². The summed E-state index contributed by atoms with van der Waals surface area (Å²) >= 11 is 0. The maximum atomic E-state index is 12.5. The zero-order valence-electron chi connectivity index (χ0n) is 15.5. The first-order chi connectivity index (χ1) is 11.4.